The minimum absolute atomic E-state index is 0.0759. The Morgan fingerprint density at radius 1 is 1.25 bits per heavy atom. The number of thiophene rings is 1. The molecule has 2 rings (SSSR count). The molecule has 2 heterocycles. The van der Waals surface area contributed by atoms with Crippen molar-refractivity contribution in [3.8, 4) is 0 Å². The molecule has 0 saturated carbocycles. The number of rotatable bonds is 5. The second-order valence-electron chi connectivity index (χ2n) is 3.53. The number of hydrogen-bond donors (Lipinski definition) is 0. The molecule has 1 aliphatic heterocycles. The van der Waals surface area contributed by atoms with Crippen molar-refractivity contribution in [2.45, 2.75) is 19.3 Å². The fourth-order valence-electron chi connectivity index (χ4n) is 1.52. The summed E-state index contributed by atoms with van der Waals surface area (Å²) in [7, 11) is 0. The van der Waals surface area contributed by atoms with Gasteiger partial charge in [-0.25, -0.2) is 0 Å². The quantitative estimate of drug-likeness (QED) is 0.754. The standard InChI is InChI=1S/C12H12O2S2/c13-9(11-3-1-7-15-11)5-6-10(14)12-4-2-8-16-12/h1,3-4,7H,2,5-6,8H2. The van der Waals surface area contributed by atoms with Crippen LogP contribution in [0.15, 0.2) is 28.5 Å². The molecule has 84 valence electrons. The maximum Gasteiger partial charge on any atom is 0.173 e. The normalized spacial score (nSPS) is 14.9. The van der Waals surface area contributed by atoms with Crippen molar-refractivity contribution in [3.63, 3.8) is 0 Å². The molecular formula is C12H12O2S2. The van der Waals surface area contributed by atoms with Gasteiger partial charge in [-0.1, -0.05) is 12.1 Å². The molecular weight excluding hydrogens is 240 g/mol. The summed E-state index contributed by atoms with van der Waals surface area (Å²) in [6.07, 6.45) is 3.63. The Labute approximate surface area is 103 Å². The van der Waals surface area contributed by atoms with Gasteiger partial charge in [-0.15, -0.1) is 23.1 Å². The van der Waals surface area contributed by atoms with Gasteiger partial charge in [0.15, 0.2) is 11.6 Å². The van der Waals surface area contributed by atoms with E-state index in [4.69, 9.17) is 0 Å². The molecule has 0 spiro atoms. The average molecular weight is 252 g/mol. The number of carbonyl (C=O) groups excluding carboxylic acids is 2. The maximum absolute atomic E-state index is 11.7. The van der Waals surface area contributed by atoms with Crippen LogP contribution in [0.1, 0.15) is 28.9 Å². The lowest BCUT2D eigenvalue weighted by molar-refractivity contribution is -0.114. The van der Waals surface area contributed by atoms with Crippen molar-refractivity contribution in [3.05, 3.63) is 33.4 Å². The molecule has 1 aliphatic rings. The van der Waals surface area contributed by atoms with E-state index >= 15 is 0 Å². The van der Waals surface area contributed by atoms with E-state index in [0.29, 0.717) is 12.8 Å². The second kappa shape index (κ2) is 5.46. The first-order chi connectivity index (χ1) is 7.77. The summed E-state index contributed by atoms with van der Waals surface area (Å²) in [6.45, 7) is 0. The number of hydrogen-bond acceptors (Lipinski definition) is 4. The summed E-state index contributed by atoms with van der Waals surface area (Å²) in [6, 6.07) is 3.66. The summed E-state index contributed by atoms with van der Waals surface area (Å²) in [4.78, 5) is 24.9. The minimum atomic E-state index is 0.0759. The van der Waals surface area contributed by atoms with Gasteiger partial charge in [0.2, 0.25) is 0 Å². The monoisotopic (exact) mass is 252 g/mol. The van der Waals surface area contributed by atoms with Gasteiger partial charge in [0.05, 0.1) is 4.88 Å². The van der Waals surface area contributed by atoms with Crippen molar-refractivity contribution in [2.24, 2.45) is 0 Å². The molecule has 0 radical (unpaired) electrons. The lowest BCUT2D eigenvalue weighted by Gasteiger charge is -1.99. The van der Waals surface area contributed by atoms with E-state index in [-0.39, 0.29) is 11.6 Å². The van der Waals surface area contributed by atoms with Crippen molar-refractivity contribution in [1.29, 1.82) is 0 Å². The van der Waals surface area contributed by atoms with E-state index in [1.54, 1.807) is 17.8 Å². The minimum Gasteiger partial charge on any atom is -0.294 e. The van der Waals surface area contributed by atoms with Gasteiger partial charge in [-0.2, -0.15) is 0 Å². The summed E-state index contributed by atoms with van der Waals surface area (Å²) in [5.41, 5.74) is 0. The molecule has 0 amide bonds. The molecule has 16 heavy (non-hydrogen) atoms. The third-order valence-corrected chi connectivity index (χ3v) is 4.41. The lowest BCUT2D eigenvalue weighted by Crippen LogP contribution is -2.03. The van der Waals surface area contributed by atoms with Crippen LogP contribution in [0.5, 0.6) is 0 Å². The smallest absolute Gasteiger partial charge is 0.173 e. The number of carbonyl (C=O) groups is 2. The SMILES string of the molecule is O=C(CCC(=O)c1cccs1)C1=CCCS1. The fourth-order valence-corrected chi connectivity index (χ4v) is 3.17. The predicted octanol–water partition coefficient (Wildman–Crippen LogP) is 3.30. The molecule has 1 aromatic rings. The lowest BCUT2D eigenvalue weighted by atomic mass is 10.1. The molecule has 0 fully saturated rings. The average Bonchev–Trinajstić information content (AvgIpc) is 2.95. The first-order valence-corrected chi connectivity index (χ1v) is 7.07. The molecule has 0 saturated heterocycles. The van der Waals surface area contributed by atoms with E-state index in [0.717, 1.165) is 22.0 Å². The molecule has 0 bridgehead atoms. The van der Waals surface area contributed by atoms with Gasteiger partial charge < -0.3 is 0 Å². The summed E-state index contributed by atoms with van der Waals surface area (Å²) < 4.78 is 0. The van der Waals surface area contributed by atoms with Crippen LogP contribution < -0.4 is 0 Å². The zero-order valence-corrected chi connectivity index (χ0v) is 10.4. The van der Waals surface area contributed by atoms with Gasteiger partial charge in [-0.3, -0.25) is 9.59 Å². The zero-order chi connectivity index (χ0) is 11.4. The molecule has 1 aromatic heterocycles. The van der Waals surface area contributed by atoms with Crippen LogP contribution >= 0.6 is 23.1 Å². The van der Waals surface area contributed by atoms with Gasteiger partial charge in [0, 0.05) is 23.5 Å². The first-order valence-electron chi connectivity index (χ1n) is 5.20. The fraction of sp³-hybridized carbons (Fsp3) is 0.333. The van der Waals surface area contributed by atoms with Gasteiger partial charge in [0.25, 0.3) is 0 Å². The highest BCUT2D eigenvalue weighted by atomic mass is 32.2. The van der Waals surface area contributed by atoms with Crippen LogP contribution in [-0.2, 0) is 4.79 Å². The third-order valence-electron chi connectivity index (χ3n) is 2.36. The second-order valence-corrected chi connectivity index (χ2v) is 5.61. The van der Waals surface area contributed by atoms with Crippen LogP contribution in [0.3, 0.4) is 0 Å². The highest BCUT2D eigenvalue weighted by molar-refractivity contribution is 8.04. The summed E-state index contributed by atoms with van der Waals surface area (Å²) in [5, 5.41) is 1.88. The van der Waals surface area contributed by atoms with E-state index < -0.39 is 0 Å². The Bertz CT molecular complexity index is 418. The number of thioether (sulfide) groups is 1. The van der Waals surface area contributed by atoms with Gasteiger partial charge >= 0.3 is 0 Å². The van der Waals surface area contributed by atoms with E-state index in [2.05, 4.69) is 0 Å². The molecule has 0 N–H and O–H groups in total. The van der Waals surface area contributed by atoms with Crippen molar-refractivity contribution in [1.82, 2.24) is 0 Å². The molecule has 0 unspecified atom stereocenters. The first kappa shape index (κ1) is 11.6. The number of allylic oxidation sites excluding steroid dienone is 2. The van der Waals surface area contributed by atoms with Crippen LogP contribution in [-0.4, -0.2) is 17.3 Å². The summed E-state index contributed by atoms with van der Waals surface area (Å²) in [5.74, 6) is 1.19. The van der Waals surface area contributed by atoms with E-state index in [9.17, 15) is 9.59 Å². The van der Waals surface area contributed by atoms with Crippen molar-refractivity contribution < 1.29 is 9.59 Å². The predicted molar refractivity (Wildman–Crippen MR) is 68.0 cm³/mol. The van der Waals surface area contributed by atoms with E-state index in [1.807, 2.05) is 17.5 Å². The Balaban J connectivity index is 1.83. The Morgan fingerprint density at radius 2 is 2.06 bits per heavy atom. The number of ketones is 2. The zero-order valence-electron chi connectivity index (χ0n) is 8.77. The van der Waals surface area contributed by atoms with E-state index in [1.165, 1.54) is 11.3 Å². The highest BCUT2D eigenvalue weighted by Gasteiger charge is 2.16. The molecule has 0 aliphatic carbocycles. The Kier molecular flexibility index (Phi) is 3.96. The highest BCUT2D eigenvalue weighted by Crippen LogP contribution is 2.26. The third kappa shape index (κ3) is 2.83. The van der Waals surface area contributed by atoms with Gasteiger partial charge in [-0.05, 0) is 17.9 Å². The summed E-state index contributed by atoms with van der Waals surface area (Å²) >= 11 is 3.04. The molecule has 4 heteroatoms. The van der Waals surface area contributed by atoms with Crippen LogP contribution in [0.2, 0.25) is 0 Å². The van der Waals surface area contributed by atoms with Crippen molar-refractivity contribution >= 4 is 34.7 Å². The topological polar surface area (TPSA) is 34.1 Å². The maximum atomic E-state index is 11.7. The van der Waals surface area contributed by atoms with Crippen LogP contribution in [0.4, 0.5) is 0 Å². The largest absolute Gasteiger partial charge is 0.294 e. The molecule has 0 atom stereocenters. The Morgan fingerprint density at radius 3 is 2.69 bits per heavy atom. The van der Waals surface area contributed by atoms with Crippen LogP contribution in [0.25, 0.3) is 0 Å². The number of Topliss-reactive ketones (excluding diaryl/α,β-unsaturated/α-hetero) is 2. The Hall–Kier alpha value is -0.870. The van der Waals surface area contributed by atoms with Crippen LogP contribution in [0, 0.1) is 0 Å². The van der Waals surface area contributed by atoms with Gasteiger partial charge in [0.1, 0.15) is 0 Å². The molecule has 2 nitrogen and oxygen atoms in total. The van der Waals surface area contributed by atoms with Crippen molar-refractivity contribution in [2.75, 3.05) is 5.75 Å². The molecule has 0 aromatic carbocycles.